The average Bonchev–Trinajstić information content (AvgIpc) is 2.35. The van der Waals surface area contributed by atoms with Crippen molar-refractivity contribution >= 4 is 0 Å². The van der Waals surface area contributed by atoms with Gasteiger partial charge in [-0.3, -0.25) is 0 Å². The normalized spacial score (nSPS) is 10.6. The highest BCUT2D eigenvalue weighted by molar-refractivity contribution is 5.40. The van der Waals surface area contributed by atoms with Gasteiger partial charge in [0.1, 0.15) is 11.5 Å². The molecule has 2 nitrogen and oxygen atoms in total. The van der Waals surface area contributed by atoms with Crippen molar-refractivity contribution in [3.63, 3.8) is 0 Å². The molecular formula is C14H22O2. The zero-order chi connectivity index (χ0) is 12.0. The standard InChI is InChI=1S/C14H22O2/c1-5-11(6-2)9-12-10-13(15-3)7-8-14(12)16-4/h7-8,10-11H,5-6,9H2,1-4H3. The summed E-state index contributed by atoms with van der Waals surface area (Å²) in [6, 6.07) is 6.00. The molecule has 0 radical (unpaired) electrons. The van der Waals surface area contributed by atoms with Crippen LogP contribution in [0.3, 0.4) is 0 Å². The van der Waals surface area contributed by atoms with E-state index in [1.165, 1.54) is 18.4 Å². The Balaban J connectivity index is 2.90. The number of ether oxygens (including phenoxy) is 2. The van der Waals surface area contributed by atoms with Gasteiger partial charge in [0, 0.05) is 0 Å². The molecule has 0 bridgehead atoms. The summed E-state index contributed by atoms with van der Waals surface area (Å²) in [6.07, 6.45) is 3.47. The molecule has 1 aromatic rings. The quantitative estimate of drug-likeness (QED) is 0.731. The predicted octanol–water partition coefficient (Wildman–Crippen LogP) is 3.68. The lowest BCUT2D eigenvalue weighted by molar-refractivity contribution is 0.391. The van der Waals surface area contributed by atoms with Gasteiger partial charge in [-0.1, -0.05) is 26.7 Å². The van der Waals surface area contributed by atoms with Crippen LogP contribution in [0.4, 0.5) is 0 Å². The topological polar surface area (TPSA) is 18.5 Å². The first-order valence-corrected chi connectivity index (χ1v) is 5.96. The molecule has 0 spiro atoms. The molecule has 0 heterocycles. The molecule has 2 heteroatoms. The maximum absolute atomic E-state index is 5.38. The Hall–Kier alpha value is -1.18. The molecule has 0 aliphatic rings. The molecule has 0 saturated carbocycles. The monoisotopic (exact) mass is 222 g/mol. The largest absolute Gasteiger partial charge is 0.497 e. The van der Waals surface area contributed by atoms with E-state index in [2.05, 4.69) is 19.9 Å². The van der Waals surface area contributed by atoms with E-state index in [1.54, 1.807) is 14.2 Å². The van der Waals surface area contributed by atoms with Gasteiger partial charge in [-0.15, -0.1) is 0 Å². The number of hydrogen-bond donors (Lipinski definition) is 0. The minimum Gasteiger partial charge on any atom is -0.497 e. The third kappa shape index (κ3) is 3.16. The Morgan fingerprint density at radius 2 is 1.75 bits per heavy atom. The third-order valence-corrected chi connectivity index (χ3v) is 3.15. The minimum absolute atomic E-state index is 0.723. The van der Waals surface area contributed by atoms with Crippen LogP contribution < -0.4 is 9.47 Å². The van der Waals surface area contributed by atoms with Crippen LogP contribution in [0, 0.1) is 5.92 Å². The van der Waals surface area contributed by atoms with Crippen molar-refractivity contribution in [2.45, 2.75) is 33.1 Å². The SMILES string of the molecule is CCC(CC)Cc1cc(OC)ccc1OC. The van der Waals surface area contributed by atoms with Gasteiger partial charge in [0.05, 0.1) is 14.2 Å². The van der Waals surface area contributed by atoms with Crippen molar-refractivity contribution in [3.05, 3.63) is 23.8 Å². The van der Waals surface area contributed by atoms with E-state index in [9.17, 15) is 0 Å². The Kier molecular flexibility index (Phi) is 5.17. The molecule has 0 aliphatic heterocycles. The second-order valence-electron chi connectivity index (χ2n) is 4.06. The van der Waals surface area contributed by atoms with E-state index in [0.717, 1.165) is 23.8 Å². The van der Waals surface area contributed by atoms with Gasteiger partial charge in [0.25, 0.3) is 0 Å². The second kappa shape index (κ2) is 6.41. The lowest BCUT2D eigenvalue weighted by Crippen LogP contribution is -2.03. The van der Waals surface area contributed by atoms with Crippen molar-refractivity contribution in [2.75, 3.05) is 14.2 Å². The van der Waals surface area contributed by atoms with Crippen LogP contribution in [0.5, 0.6) is 11.5 Å². The van der Waals surface area contributed by atoms with Gasteiger partial charge in [0.15, 0.2) is 0 Å². The third-order valence-electron chi connectivity index (χ3n) is 3.15. The first kappa shape index (κ1) is 12.9. The summed E-state index contributed by atoms with van der Waals surface area (Å²) in [5.41, 5.74) is 1.25. The molecule has 16 heavy (non-hydrogen) atoms. The van der Waals surface area contributed by atoms with Crippen LogP contribution in [0.25, 0.3) is 0 Å². The molecule has 0 unspecified atom stereocenters. The molecule has 0 atom stereocenters. The van der Waals surface area contributed by atoms with Crippen molar-refractivity contribution in [1.82, 2.24) is 0 Å². The zero-order valence-electron chi connectivity index (χ0n) is 10.7. The average molecular weight is 222 g/mol. The number of benzene rings is 1. The van der Waals surface area contributed by atoms with E-state index in [0.29, 0.717) is 0 Å². The van der Waals surface area contributed by atoms with Crippen molar-refractivity contribution < 1.29 is 9.47 Å². The zero-order valence-corrected chi connectivity index (χ0v) is 10.7. The fourth-order valence-electron chi connectivity index (χ4n) is 1.93. The van der Waals surface area contributed by atoms with Crippen molar-refractivity contribution in [2.24, 2.45) is 5.92 Å². The molecule has 0 N–H and O–H groups in total. The summed E-state index contributed by atoms with van der Waals surface area (Å²) in [4.78, 5) is 0. The molecule has 0 aliphatic carbocycles. The van der Waals surface area contributed by atoms with Crippen LogP contribution in [0.2, 0.25) is 0 Å². The second-order valence-corrected chi connectivity index (χ2v) is 4.06. The summed E-state index contributed by atoms with van der Waals surface area (Å²) in [6.45, 7) is 4.47. The van der Waals surface area contributed by atoms with Gasteiger partial charge in [-0.2, -0.15) is 0 Å². The molecule has 90 valence electrons. The Bertz CT molecular complexity index is 317. The highest BCUT2D eigenvalue weighted by Crippen LogP contribution is 2.27. The minimum atomic E-state index is 0.723. The van der Waals surface area contributed by atoms with Crippen molar-refractivity contribution in [3.8, 4) is 11.5 Å². The smallest absolute Gasteiger partial charge is 0.122 e. The maximum Gasteiger partial charge on any atom is 0.122 e. The lowest BCUT2D eigenvalue weighted by Gasteiger charge is -2.15. The lowest BCUT2D eigenvalue weighted by atomic mass is 9.94. The Labute approximate surface area is 98.6 Å². The molecule has 0 saturated heterocycles. The molecule has 0 fully saturated rings. The molecular weight excluding hydrogens is 200 g/mol. The first-order chi connectivity index (χ1) is 7.74. The molecule has 0 aromatic heterocycles. The van der Waals surface area contributed by atoms with Crippen molar-refractivity contribution in [1.29, 1.82) is 0 Å². The number of methoxy groups -OCH3 is 2. The molecule has 1 aromatic carbocycles. The summed E-state index contributed by atoms with van der Waals surface area (Å²) in [7, 11) is 3.42. The van der Waals surface area contributed by atoms with Gasteiger partial charge in [-0.05, 0) is 36.1 Å². The van der Waals surface area contributed by atoms with Crippen LogP contribution in [-0.2, 0) is 6.42 Å². The summed E-state index contributed by atoms with van der Waals surface area (Å²) < 4.78 is 10.6. The van der Waals surface area contributed by atoms with Gasteiger partial charge >= 0.3 is 0 Å². The number of hydrogen-bond acceptors (Lipinski definition) is 2. The van der Waals surface area contributed by atoms with Crippen LogP contribution in [-0.4, -0.2) is 14.2 Å². The van der Waals surface area contributed by atoms with Crippen LogP contribution >= 0.6 is 0 Å². The van der Waals surface area contributed by atoms with E-state index >= 15 is 0 Å². The Morgan fingerprint density at radius 1 is 1.06 bits per heavy atom. The summed E-state index contributed by atoms with van der Waals surface area (Å²) in [5.74, 6) is 2.59. The Morgan fingerprint density at radius 3 is 2.25 bits per heavy atom. The van der Waals surface area contributed by atoms with E-state index < -0.39 is 0 Å². The van der Waals surface area contributed by atoms with Crippen LogP contribution in [0.15, 0.2) is 18.2 Å². The molecule has 0 amide bonds. The summed E-state index contributed by atoms with van der Waals surface area (Å²) in [5, 5.41) is 0. The van der Waals surface area contributed by atoms with E-state index in [4.69, 9.17) is 9.47 Å². The van der Waals surface area contributed by atoms with Crippen LogP contribution in [0.1, 0.15) is 32.3 Å². The predicted molar refractivity (Wildman–Crippen MR) is 67.3 cm³/mol. The van der Waals surface area contributed by atoms with Gasteiger partial charge < -0.3 is 9.47 Å². The van der Waals surface area contributed by atoms with E-state index in [-0.39, 0.29) is 0 Å². The highest BCUT2D eigenvalue weighted by Gasteiger charge is 2.10. The summed E-state index contributed by atoms with van der Waals surface area (Å²) >= 11 is 0. The fraction of sp³-hybridized carbons (Fsp3) is 0.571. The fourth-order valence-corrected chi connectivity index (χ4v) is 1.93. The van der Waals surface area contributed by atoms with Gasteiger partial charge in [-0.25, -0.2) is 0 Å². The first-order valence-electron chi connectivity index (χ1n) is 5.96. The highest BCUT2D eigenvalue weighted by atomic mass is 16.5. The van der Waals surface area contributed by atoms with E-state index in [1.807, 2.05) is 12.1 Å². The maximum atomic E-state index is 5.38. The number of rotatable bonds is 6. The molecule has 1 rings (SSSR count). The van der Waals surface area contributed by atoms with Gasteiger partial charge in [0.2, 0.25) is 0 Å².